The maximum absolute atomic E-state index is 10.3. The Bertz CT molecular complexity index is 866. The fourth-order valence-corrected chi connectivity index (χ4v) is 1.99. The molecule has 0 fully saturated rings. The summed E-state index contributed by atoms with van der Waals surface area (Å²) < 4.78 is 0. The van der Waals surface area contributed by atoms with Gasteiger partial charge in [0.25, 0.3) is 0 Å². The predicted molar refractivity (Wildman–Crippen MR) is 103 cm³/mol. The third-order valence-electron chi connectivity index (χ3n) is 3.19. The normalized spacial score (nSPS) is 10.4. The van der Waals surface area contributed by atoms with Crippen LogP contribution in [0.3, 0.4) is 0 Å². The number of nitrogens with two attached hydrogens (primary N) is 1. The van der Waals surface area contributed by atoms with Gasteiger partial charge in [0.05, 0.1) is 5.69 Å². The molecular weight excluding hydrogens is 330 g/mol. The zero-order chi connectivity index (χ0) is 18.8. The molecule has 0 atom stereocenters. The van der Waals surface area contributed by atoms with E-state index in [1.807, 2.05) is 60.7 Å². The van der Waals surface area contributed by atoms with Crippen LogP contribution in [0.1, 0.15) is 10.4 Å². The van der Waals surface area contributed by atoms with Crippen molar-refractivity contribution < 1.29 is 15.0 Å². The zero-order valence-corrected chi connectivity index (χ0v) is 13.9. The van der Waals surface area contributed by atoms with Crippen LogP contribution in [0.15, 0.2) is 89.9 Å². The minimum absolute atomic E-state index is 0.0671. The molecule has 0 bridgehead atoms. The Hall–Kier alpha value is -3.80. The number of benzene rings is 3. The van der Waals surface area contributed by atoms with E-state index in [4.69, 9.17) is 15.9 Å². The summed E-state index contributed by atoms with van der Waals surface area (Å²) in [5, 5.41) is 20.3. The number of hydrogen-bond donors (Lipinski definition) is 4. The summed E-state index contributed by atoms with van der Waals surface area (Å²) in [5.74, 6) is -0.925. The van der Waals surface area contributed by atoms with Crippen molar-refractivity contribution in [2.45, 2.75) is 0 Å². The highest BCUT2D eigenvalue weighted by Gasteiger charge is 2.05. The van der Waals surface area contributed by atoms with Crippen molar-refractivity contribution in [1.82, 2.24) is 0 Å². The van der Waals surface area contributed by atoms with Gasteiger partial charge in [0, 0.05) is 5.69 Å². The van der Waals surface area contributed by atoms with Crippen LogP contribution < -0.4 is 11.1 Å². The molecule has 5 N–H and O–H groups in total. The van der Waals surface area contributed by atoms with Gasteiger partial charge in [-0.15, -0.1) is 0 Å². The number of guanidine groups is 1. The molecule has 0 aliphatic carbocycles. The summed E-state index contributed by atoms with van der Waals surface area (Å²) in [7, 11) is 0. The van der Waals surface area contributed by atoms with E-state index in [9.17, 15) is 4.79 Å². The Balaban J connectivity index is 0.000000209. The molecule has 26 heavy (non-hydrogen) atoms. The summed E-state index contributed by atoms with van der Waals surface area (Å²) in [6.45, 7) is 0. The van der Waals surface area contributed by atoms with Gasteiger partial charge >= 0.3 is 5.97 Å². The van der Waals surface area contributed by atoms with Gasteiger partial charge in [-0.25, -0.2) is 9.79 Å². The first-order valence-corrected chi connectivity index (χ1v) is 7.79. The van der Waals surface area contributed by atoms with Crippen molar-refractivity contribution in [3.8, 4) is 5.75 Å². The Morgan fingerprint density at radius 3 is 1.92 bits per heavy atom. The molecule has 0 saturated carbocycles. The van der Waals surface area contributed by atoms with Gasteiger partial charge in [-0.1, -0.05) is 48.5 Å². The highest BCUT2D eigenvalue weighted by molar-refractivity contribution is 5.93. The third kappa shape index (κ3) is 6.01. The van der Waals surface area contributed by atoms with Crippen LogP contribution in [0.4, 0.5) is 11.4 Å². The predicted octanol–water partition coefficient (Wildman–Crippen LogP) is 3.84. The molecule has 0 saturated heterocycles. The van der Waals surface area contributed by atoms with Crippen LogP contribution >= 0.6 is 0 Å². The quantitative estimate of drug-likeness (QED) is 0.424. The van der Waals surface area contributed by atoms with Crippen molar-refractivity contribution in [3.63, 3.8) is 0 Å². The summed E-state index contributed by atoms with van der Waals surface area (Å²) in [4.78, 5) is 14.5. The van der Waals surface area contributed by atoms with Crippen molar-refractivity contribution in [2.24, 2.45) is 10.7 Å². The first kappa shape index (κ1) is 18.5. The molecule has 6 nitrogen and oxygen atoms in total. The molecular formula is C20H19N3O3. The molecule has 0 aromatic heterocycles. The van der Waals surface area contributed by atoms with Gasteiger partial charge in [-0.3, -0.25) is 0 Å². The first-order chi connectivity index (χ1) is 12.6. The second-order valence-electron chi connectivity index (χ2n) is 5.15. The van der Waals surface area contributed by atoms with Crippen LogP contribution in [-0.2, 0) is 0 Å². The lowest BCUT2D eigenvalue weighted by molar-refractivity contribution is 0.0693. The Labute approximate surface area is 151 Å². The molecule has 0 heterocycles. The summed E-state index contributed by atoms with van der Waals surface area (Å²) in [6.07, 6.45) is 0. The van der Waals surface area contributed by atoms with Gasteiger partial charge in [-0.05, 0) is 36.4 Å². The second-order valence-corrected chi connectivity index (χ2v) is 5.15. The molecule has 0 spiro atoms. The number of hydrogen-bond acceptors (Lipinski definition) is 3. The number of anilines is 1. The lowest BCUT2D eigenvalue weighted by Gasteiger charge is -2.04. The van der Waals surface area contributed by atoms with Crippen LogP contribution in [0.5, 0.6) is 5.75 Å². The minimum Gasteiger partial charge on any atom is -0.507 e. The minimum atomic E-state index is -1.11. The molecule has 3 rings (SSSR count). The number of nitrogens with one attached hydrogen (secondary N) is 1. The zero-order valence-electron chi connectivity index (χ0n) is 13.9. The monoisotopic (exact) mass is 349 g/mol. The summed E-state index contributed by atoms with van der Waals surface area (Å²) >= 11 is 0. The average Bonchev–Trinajstić information content (AvgIpc) is 2.64. The number of carboxylic acids is 1. The largest absolute Gasteiger partial charge is 0.507 e. The van der Waals surface area contributed by atoms with E-state index in [-0.39, 0.29) is 11.3 Å². The maximum Gasteiger partial charge on any atom is 0.339 e. The standard InChI is InChI=1S/C13H13N3.C7H6O3/c14-13(15-11-7-3-1-4-8-11)16-12-9-5-2-6-10-12;8-6-4-2-1-3-5(6)7(9)10/h1-10H,(H3,14,15,16);1-4,8H,(H,9,10). The number of para-hydroxylation sites is 3. The van der Waals surface area contributed by atoms with Crippen molar-refractivity contribution in [1.29, 1.82) is 0 Å². The highest BCUT2D eigenvalue weighted by atomic mass is 16.4. The van der Waals surface area contributed by atoms with Crippen LogP contribution in [-0.4, -0.2) is 22.1 Å². The van der Waals surface area contributed by atoms with E-state index < -0.39 is 5.97 Å². The fourth-order valence-electron chi connectivity index (χ4n) is 1.99. The van der Waals surface area contributed by atoms with Crippen LogP contribution in [0, 0.1) is 0 Å². The lowest BCUT2D eigenvalue weighted by Crippen LogP contribution is -2.21. The van der Waals surface area contributed by atoms with Gasteiger partial charge in [0.15, 0.2) is 5.96 Å². The molecule has 132 valence electrons. The van der Waals surface area contributed by atoms with E-state index in [2.05, 4.69) is 10.3 Å². The van der Waals surface area contributed by atoms with Gasteiger partial charge in [0.1, 0.15) is 11.3 Å². The van der Waals surface area contributed by atoms with Crippen molar-refractivity contribution in [3.05, 3.63) is 90.5 Å². The van der Waals surface area contributed by atoms with E-state index in [0.717, 1.165) is 11.4 Å². The van der Waals surface area contributed by atoms with Gasteiger partial charge < -0.3 is 21.3 Å². The second kappa shape index (κ2) is 9.48. The van der Waals surface area contributed by atoms with E-state index >= 15 is 0 Å². The van der Waals surface area contributed by atoms with Crippen LogP contribution in [0.2, 0.25) is 0 Å². The van der Waals surface area contributed by atoms with Crippen molar-refractivity contribution in [2.75, 3.05) is 5.32 Å². The molecule has 0 aliphatic rings. The van der Waals surface area contributed by atoms with E-state index in [0.29, 0.717) is 5.96 Å². The summed E-state index contributed by atoms with van der Waals surface area (Å²) in [6, 6.07) is 25.1. The first-order valence-electron chi connectivity index (χ1n) is 7.79. The third-order valence-corrected chi connectivity index (χ3v) is 3.19. The Kier molecular flexibility index (Phi) is 6.76. The number of aromatic hydroxyl groups is 1. The molecule has 3 aromatic rings. The number of phenols is 1. The molecule has 3 aromatic carbocycles. The fraction of sp³-hybridized carbons (Fsp3) is 0. The smallest absolute Gasteiger partial charge is 0.339 e. The van der Waals surface area contributed by atoms with E-state index in [1.54, 1.807) is 12.1 Å². The summed E-state index contributed by atoms with van der Waals surface area (Å²) in [5.41, 5.74) is 7.48. The molecule has 0 amide bonds. The molecule has 0 aliphatic heterocycles. The number of nitrogens with zero attached hydrogens (tertiary/aromatic N) is 1. The number of aromatic carboxylic acids is 1. The number of carbonyl (C=O) groups is 1. The number of rotatable bonds is 3. The Morgan fingerprint density at radius 1 is 0.846 bits per heavy atom. The number of carboxylic acid groups (broad SMARTS) is 1. The molecule has 0 unspecified atom stereocenters. The highest BCUT2D eigenvalue weighted by Crippen LogP contribution is 2.14. The van der Waals surface area contributed by atoms with Gasteiger partial charge in [-0.2, -0.15) is 0 Å². The van der Waals surface area contributed by atoms with Gasteiger partial charge in [0.2, 0.25) is 0 Å². The average molecular weight is 349 g/mol. The van der Waals surface area contributed by atoms with Crippen LogP contribution in [0.25, 0.3) is 0 Å². The molecule has 0 radical (unpaired) electrons. The van der Waals surface area contributed by atoms with Crippen molar-refractivity contribution >= 4 is 23.3 Å². The maximum atomic E-state index is 10.3. The Morgan fingerprint density at radius 2 is 1.38 bits per heavy atom. The number of aliphatic imine (C=N–C) groups is 1. The van der Waals surface area contributed by atoms with E-state index in [1.165, 1.54) is 12.1 Å². The lowest BCUT2D eigenvalue weighted by atomic mass is 10.2. The SMILES string of the molecule is NC(=Nc1ccccc1)Nc1ccccc1.O=C(O)c1ccccc1O. The molecule has 6 heteroatoms. The topological polar surface area (TPSA) is 108 Å².